The molecule has 3 aromatic rings. The lowest BCUT2D eigenvalue weighted by Gasteiger charge is -2.19. The van der Waals surface area contributed by atoms with E-state index >= 15 is 0 Å². The van der Waals surface area contributed by atoms with Crippen molar-refractivity contribution >= 4 is 45.2 Å². The minimum Gasteiger partial charge on any atom is -0.492 e. The van der Waals surface area contributed by atoms with E-state index in [9.17, 15) is 9.90 Å². The Hall–Kier alpha value is -3.00. The third-order valence-electron chi connectivity index (χ3n) is 5.48. The Morgan fingerprint density at radius 3 is 3.10 bits per heavy atom. The van der Waals surface area contributed by atoms with E-state index in [0.29, 0.717) is 26.0 Å². The van der Waals surface area contributed by atoms with E-state index in [2.05, 4.69) is 20.3 Å². The lowest BCUT2D eigenvalue weighted by Crippen LogP contribution is -2.21. The predicted octanol–water partition coefficient (Wildman–Crippen LogP) is 3.96. The molecule has 2 aliphatic rings. The number of aromatic nitrogens is 2. The third kappa shape index (κ3) is 3.13. The number of nitrogens with one attached hydrogen (secondary N) is 1. The molecule has 0 unspecified atom stereocenters. The molecule has 1 atom stereocenters. The molecule has 0 saturated carbocycles. The largest absolute Gasteiger partial charge is 0.492 e. The Bertz CT molecular complexity index is 1150. The molecule has 8 heteroatoms. The minimum atomic E-state index is -0.723. The topological polar surface area (TPSA) is 96.7 Å². The van der Waals surface area contributed by atoms with Crippen LogP contribution in [0.15, 0.2) is 23.5 Å². The number of carboxylic acid groups (broad SMARTS) is 1. The van der Waals surface area contributed by atoms with Crippen LogP contribution in [0, 0.1) is 5.92 Å². The fourth-order valence-corrected chi connectivity index (χ4v) is 5.32. The summed E-state index contributed by atoms with van der Waals surface area (Å²) in [6, 6.07) is 4.08. The van der Waals surface area contributed by atoms with Gasteiger partial charge in [0.15, 0.2) is 0 Å². The molecule has 1 aromatic carbocycles. The number of fused-ring (bicyclic) bond motifs is 4. The summed E-state index contributed by atoms with van der Waals surface area (Å²) in [7, 11) is 0. The van der Waals surface area contributed by atoms with Gasteiger partial charge in [0.25, 0.3) is 0 Å². The molecule has 0 spiro atoms. The van der Waals surface area contributed by atoms with Crippen LogP contribution in [0.1, 0.15) is 34.9 Å². The summed E-state index contributed by atoms with van der Waals surface area (Å²) in [5.41, 5.74) is 4.25. The highest BCUT2D eigenvalue weighted by atomic mass is 32.1. The second-order valence-electron chi connectivity index (χ2n) is 7.26. The lowest BCUT2D eigenvalue weighted by atomic mass is 9.88. The van der Waals surface area contributed by atoms with E-state index in [1.165, 1.54) is 5.56 Å². The summed E-state index contributed by atoms with van der Waals surface area (Å²) >= 11 is 1.57. The summed E-state index contributed by atoms with van der Waals surface area (Å²) < 4.78 is 5.86. The second kappa shape index (κ2) is 7.11. The number of aryl methyl sites for hydroxylation is 1. The molecule has 29 heavy (non-hydrogen) atoms. The maximum absolute atomic E-state index is 11.4. The summed E-state index contributed by atoms with van der Waals surface area (Å²) in [5, 5.41) is 13.8. The van der Waals surface area contributed by atoms with Crippen LogP contribution in [-0.4, -0.2) is 33.9 Å². The average molecular weight is 408 g/mol. The van der Waals surface area contributed by atoms with Gasteiger partial charge < -0.3 is 15.2 Å². The number of ether oxygens (including phenoxy) is 1. The molecule has 2 N–H and O–H groups in total. The fourth-order valence-electron chi connectivity index (χ4n) is 4.05. The first-order valence-electron chi connectivity index (χ1n) is 9.68. The van der Waals surface area contributed by atoms with Crippen molar-refractivity contribution in [3.63, 3.8) is 0 Å². The van der Waals surface area contributed by atoms with Gasteiger partial charge in [-0.2, -0.15) is 0 Å². The van der Waals surface area contributed by atoms with Crippen molar-refractivity contribution in [3.8, 4) is 5.75 Å². The SMILES string of the molecule is CCOc1cc2c(cc1Nc1ncnc3sc4c(c13)CC[C@@H](C(=O)O)C4)C=NC2. The maximum Gasteiger partial charge on any atom is 0.306 e. The molecule has 7 nitrogen and oxygen atoms in total. The van der Waals surface area contributed by atoms with Gasteiger partial charge in [-0.3, -0.25) is 9.79 Å². The average Bonchev–Trinajstić information content (AvgIpc) is 3.31. The highest BCUT2D eigenvalue weighted by molar-refractivity contribution is 7.19. The van der Waals surface area contributed by atoms with Gasteiger partial charge in [0.2, 0.25) is 0 Å². The number of nitrogens with zero attached hydrogens (tertiary/aromatic N) is 3. The van der Waals surface area contributed by atoms with Crippen LogP contribution in [-0.2, 0) is 24.2 Å². The van der Waals surface area contributed by atoms with Crippen molar-refractivity contribution in [2.24, 2.45) is 10.9 Å². The first-order chi connectivity index (χ1) is 14.1. The van der Waals surface area contributed by atoms with Crippen molar-refractivity contribution in [1.29, 1.82) is 0 Å². The zero-order chi connectivity index (χ0) is 20.0. The van der Waals surface area contributed by atoms with E-state index < -0.39 is 5.97 Å². The van der Waals surface area contributed by atoms with Crippen LogP contribution in [0.3, 0.4) is 0 Å². The van der Waals surface area contributed by atoms with Crippen molar-refractivity contribution in [2.45, 2.75) is 32.7 Å². The number of carbonyl (C=O) groups is 1. The zero-order valence-corrected chi connectivity index (χ0v) is 16.8. The normalized spacial score (nSPS) is 17.2. The van der Waals surface area contributed by atoms with Crippen LogP contribution in [0.5, 0.6) is 5.75 Å². The first-order valence-corrected chi connectivity index (χ1v) is 10.5. The standard InChI is InChI=1S/C21H20N4O3S/c1-2-28-16-6-13-9-22-8-12(13)5-15(16)25-19-18-14-4-3-11(21(26)27)7-17(14)29-20(18)24-10-23-19/h5-6,8,10-11H,2-4,7,9H2,1H3,(H,26,27)(H,23,24,25)/t11-/m1/s1. The Morgan fingerprint density at radius 1 is 1.38 bits per heavy atom. The minimum absolute atomic E-state index is 0.319. The molecule has 0 fully saturated rings. The van der Waals surface area contributed by atoms with Crippen LogP contribution < -0.4 is 10.1 Å². The van der Waals surface area contributed by atoms with Crippen molar-refractivity contribution in [2.75, 3.05) is 11.9 Å². The van der Waals surface area contributed by atoms with E-state index in [4.69, 9.17) is 4.74 Å². The molecule has 0 bridgehead atoms. The van der Waals surface area contributed by atoms with Crippen molar-refractivity contribution in [1.82, 2.24) is 9.97 Å². The molecule has 2 aromatic heterocycles. The number of hydrogen-bond acceptors (Lipinski definition) is 7. The Balaban J connectivity index is 1.57. The molecule has 148 valence electrons. The molecule has 1 aliphatic heterocycles. The Morgan fingerprint density at radius 2 is 2.28 bits per heavy atom. The predicted molar refractivity (Wildman–Crippen MR) is 113 cm³/mol. The molecular weight excluding hydrogens is 388 g/mol. The number of hydrogen-bond donors (Lipinski definition) is 2. The van der Waals surface area contributed by atoms with Crippen molar-refractivity contribution in [3.05, 3.63) is 40.0 Å². The second-order valence-corrected chi connectivity index (χ2v) is 8.34. The molecule has 0 amide bonds. The molecular formula is C21H20N4O3S. The van der Waals surface area contributed by atoms with Gasteiger partial charge in [-0.15, -0.1) is 11.3 Å². The van der Waals surface area contributed by atoms with Gasteiger partial charge in [-0.05, 0) is 55.0 Å². The Labute approximate surface area is 171 Å². The number of benzene rings is 1. The number of carboxylic acids is 1. The highest BCUT2D eigenvalue weighted by Crippen LogP contribution is 2.41. The van der Waals surface area contributed by atoms with Gasteiger partial charge in [0, 0.05) is 11.1 Å². The van der Waals surface area contributed by atoms with Crippen LogP contribution in [0.4, 0.5) is 11.5 Å². The molecule has 0 radical (unpaired) electrons. The summed E-state index contributed by atoms with van der Waals surface area (Å²) in [6.07, 6.45) is 5.36. The quantitative estimate of drug-likeness (QED) is 0.663. The van der Waals surface area contributed by atoms with E-state index in [1.807, 2.05) is 25.3 Å². The summed E-state index contributed by atoms with van der Waals surface area (Å²) in [6.45, 7) is 3.21. The van der Waals surface area contributed by atoms with E-state index in [0.717, 1.165) is 49.9 Å². The first kappa shape index (κ1) is 18.1. The maximum atomic E-state index is 11.4. The third-order valence-corrected chi connectivity index (χ3v) is 6.64. The molecule has 5 rings (SSSR count). The van der Waals surface area contributed by atoms with Gasteiger partial charge >= 0.3 is 5.97 Å². The Kier molecular flexibility index (Phi) is 4.43. The number of thiophene rings is 1. The van der Waals surface area contributed by atoms with Crippen LogP contribution in [0.2, 0.25) is 0 Å². The fraction of sp³-hybridized carbons (Fsp3) is 0.333. The number of aliphatic imine (C=N–C) groups is 1. The van der Waals surface area contributed by atoms with Gasteiger partial charge in [0.1, 0.15) is 22.7 Å². The summed E-state index contributed by atoms with van der Waals surface area (Å²) in [4.78, 5) is 26.7. The van der Waals surface area contributed by atoms with Crippen molar-refractivity contribution < 1.29 is 14.6 Å². The summed E-state index contributed by atoms with van der Waals surface area (Å²) in [5.74, 6) is 0.467. The van der Waals surface area contributed by atoms with Crippen LogP contribution in [0.25, 0.3) is 10.2 Å². The number of anilines is 2. The molecule has 3 heterocycles. The molecule has 0 saturated heterocycles. The zero-order valence-electron chi connectivity index (χ0n) is 15.9. The number of aliphatic carboxylic acids is 1. The van der Waals surface area contributed by atoms with Crippen LogP contribution >= 0.6 is 11.3 Å². The van der Waals surface area contributed by atoms with Gasteiger partial charge in [-0.25, -0.2) is 9.97 Å². The van der Waals surface area contributed by atoms with Gasteiger partial charge in [0.05, 0.1) is 30.1 Å². The monoisotopic (exact) mass is 408 g/mol. The van der Waals surface area contributed by atoms with Gasteiger partial charge in [-0.1, -0.05) is 0 Å². The smallest absolute Gasteiger partial charge is 0.306 e. The number of rotatable bonds is 5. The molecule has 1 aliphatic carbocycles. The lowest BCUT2D eigenvalue weighted by molar-refractivity contribution is -0.142. The van der Waals surface area contributed by atoms with E-state index in [1.54, 1.807) is 17.7 Å². The van der Waals surface area contributed by atoms with E-state index in [-0.39, 0.29) is 5.92 Å². The highest BCUT2D eigenvalue weighted by Gasteiger charge is 2.29.